The molecule has 12 heterocycles. The molecule has 16 rings (SSSR count). The number of H-pyrrole nitrogens is 4. The number of anilines is 5. The highest BCUT2D eigenvalue weighted by Crippen LogP contribution is 2.33. The molecule has 3 aliphatic heterocycles. The predicted octanol–water partition coefficient (Wildman–Crippen LogP) is 10.5. The molecule has 1 amide bonds. The molecule has 9 aromatic heterocycles. The van der Waals surface area contributed by atoms with Crippen molar-refractivity contribution in [2.24, 2.45) is 0 Å². The van der Waals surface area contributed by atoms with Crippen LogP contribution in [0.3, 0.4) is 0 Å². The molecule has 35 heteroatoms. The fourth-order valence-electron chi connectivity index (χ4n) is 11.9. The molecule has 3 aliphatic rings. The second-order valence-corrected chi connectivity index (χ2v) is 30.3. The largest absolute Gasteiger partial charge is 0.464 e. The number of ether oxygens (including phenoxy) is 2. The summed E-state index contributed by atoms with van der Waals surface area (Å²) in [6.45, 7) is 17.3. The van der Waals surface area contributed by atoms with Gasteiger partial charge in [0.25, 0.3) is 10.2 Å². The number of nitrogens with two attached hydrogens (primary N) is 5. The van der Waals surface area contributed by atoms with Crippen molar-refractivity contribution in [3.05, 3.63) is 178 Å². The highest BCUT2D eigenvalue weighted by atomic mass is 79.9. The molecule has 572 valence electrons. The Bertz CT molecular complexity index is 5860. The van der Waals surface area contributed by atoms with Crippen LogP contribution in [0.25, 0.3) is 107 Å². The number of carbonyl (C=O) groups excluding carboxylic acids is 2. The number of benzene rings is 4. The summed E-state index contributed by atoms with van der Waals surface area (Å²) in [5, 5.41) is 3.30. The molecule has 13 aromatic rings. The summed E-state index contributed by atoms with van der Waals surface area (Å²) in [5.74, 6) is 3.30. The number of methoxy groups -OCH3 is 1. The third-order valence-electron chi connectivity index (χ3n) is 17.6. The number of hydrogen-bond acceptors (Lipinski definition) is 26. The third-order valence-corrected chi connectivity index (χ3v) is 19.9. The smallest absolute Gasteiger partial charge is 0.410 e. The van der Waals surface area contributed by atoms with Gasteiger partial charge in [0.1, 0.15) is 33.0 Å². The number of hydrogen-bond donors (Lipinski definition) is 10. The van der Waals surface area contributed by atoms with Crippen LogP contribution >= 0.6 is 15.9 Å². The molecule has 4 aromatic carbocycles. The first kappa shape index (κ1) is 78.0. The van der Waals surface area contributed by atoms with Crippen molar-refractivity contribution >= 4 is 128 Å². The maximum absolute atomic E-state index is 12.3. The number of halogens is 1. The molecule has 0 spiro atoms. The Morgan fingerprint density at radius 3 is 1.26 bits per heavy atom. The van der Waals surface area contributed by atoms with Crippen LogP contribution in [-0.4, -0.2) is 190 Å². The molecular formula is C76H84BrN27O6S. The minimum Gasteiger partial charge on any atom is -0.464 e. The lowest BCUT2D eigenvalue weighted by molar-refractivity contribution is 0.0270. The topological polar surface area (TPSA) is 482 Å². The number of carbonyl (C=O) groups is 2. The van der Waals surface area contributed by atoms with Crippen molar-refractivity contribution in [2.75, 3.05) is 89.1 Å². The Hall–Kier alpha value is -12.6. The van der Waals surface area contributed by atoms with Gasteiger partial charge >= 0.3 is 12.1 Å². The van der Waals surface area contributed by atoms with E-state index >= 15 is 0 Å². The average molecular weight is 1580 g/mol. The number of esters is 1. The quantitative estimate of drug-likeness (QED) is 0.0569. The number of nitrogen functional groups attached to an aromatic ring is 5. The number of amides is 1. The van der Waals surface area contributed by atoms with Crippen molar-refractivity contribution < 1.29 is 27.5 Å². The summed E-state index contributed by atoms with van der Waals surface area (Å²) in [4.78, 5) is 98.8. The lowest BCUT2D eigenvalue weighted by Gasteiger charge is -2.29. The van der Waals surface area contributed by atoms with Gasteiger partial charge in [-0.1, -0.05) is 42.5 Å². The number of rotatable bonds is 10. The summed E-state index contributed by atoms with van der Waals surface area (Å²) in [5.41, 5.74) is 48.4. The van der Waals surface area contributed by atoms with E-state index in [4.69, 9.17) is 43.4 Å². The van der Waals surface area contributed by atoms with Gasteiger partial charge in [-0.15, -0.1) is 0 Å². The highest BCUT2D eigenvalue weighted by Gasteiger charge is 2.29. The van der Waals surface area contributed by atoms with Gasteiger partial charge in [0.2, 0.25) is 0 Å². The first-order valence-electron chi connectivity index (χ1n) is 35.2. The zero-order chi connectivity index (χ0) is 79.0. The van der Waals surface area contributed by atoms with Crippen LogP contribution in [0, 0.1) is 27.7 Å². The van der Waals surface area contributed by atoms with E-state index in [1.54, 1.807) is 29.7 Å². The number of fused-ring (bicyclic) bond motifs is 4. The predicted molar refractivity (Wildman–Crippen MR) is 433 cm³/mol. The van der Waals surface area contributed by atoms with Crippen molar-refractivity contribution in [1.82, 2.24) is 109 Å². The van der Waals surface area contributed by atoms with E-state index in [1.165, 1.54) is 58.9 Å². The second kappa shape index (κ2) is 33.5. The summed E-state index contributed by atoms with van der Waals surface area (Å²) in [6, 6.07) is 24.1. The second-order valence-electron chi connectivity index (χ2n) is 27.3. The van der Waals surface area contributed by atoms with Crippen molar-refractivity contribution in [3.63, 3.8) is 0 Å². The van der Waals surface area contributed by atoms with Gasteiger partial charge in [-0.25, -0.2) is 79.4 Å². The molecule has 0 saturated carbocycles. The Labute approximate surface area is 647 Å². The summed E-state index contributed by atoms with van der Waals surface area (Å²) in [7, 11) is 0.887. The van der Waals surface area contributed by atoms with Gasteiger partial charge in [-0.3, -0.25) is 0 Å². The maximum Gasteiger partial charge on any atom is 0.410 e. The van der Waals surface area contributed by atoms with Gasteiger partial charge < -0.3 is 68.3 Å². The number of nitrogens with one attached hydrogen (secondary N) is 5. The average Bonchev–Trinajstić information content (AvgIpc) is 1.57. The van der Waals surface area contributed by atoms with Crippen molar-refractivity contribution in [3.8, 4) is 46.1 Å². The first-order valence-corrected chi connectivity index (χ1v) is 37.3. The monoisotopic (exact) mass is 1580 g/mol. The van der Waals surface area contributed by atoms with Crippen LogP contribution in [0.5, 0.6) is 0 Å². The van der Waals surface area contributed by atoms with E-state index in [9.17, 15) is 18.0 Å². The van der Waals surface area contributed by atoms with E-state index < -0.39 is 21.8 Å². The molecule has 0 fully saturated rings. The van der Waals surface area contributed by atoms with Crippen molar-refractivity contribution in [2.45, 2.75) is 73.3 Å². The summed E-state index contributed by atoms with van der Waals surface area (Å²) >= 11 is 3.28. The van der Waals surface area contributed by atoms with Gasteiger partial charge in [0, 0.05) is 59.2 Å². The third kappa shape index (κ3) is 18.8. The molecule has 0 aliphatic carbocycles. The number of aryl methyl sites for hydroxylation is 4. The molecular weight excluding hydrogens is 1500 g/mol. The Balaban J connectivity index is 0.000000133. The van der Waals surface area contributed by atoms with Crippen molar-refractivity contribution in [1.29, 1.82) is 0 Å². The van der Waals surface area contributed by atoms with Crippen LogP contribution in [-0.2, 0) is 19.7 Å². The van der Waals surface area contributed by atoms with Crippen LogP contribution in [0.4, 0.5) is 33.9 Å². The van der Waals surface area contributed by atoms with Crippen LogP contribution < -0.4 is 34.0 Å². The number of aromatic nitrogens is 18. The fourth-order valence-corrected chi connectivity index (χ4v) is 13.2. The van der Waals surface area contributed by atoms with E-state index in [0.29, 0.717) is 113 Å². The van der Waals surface area contributed by atoms with Gasteiger partial charge in [-0.05, 0) is 178 Å². The summed E-state index contributed by atoms with van der Waals surface area (Å²) < 4.78 is 37.7. The normalized spacial score (nSPS) is 13.9. The summed E-state index contributed by atoms with van der Waals surface area (Å²) in [6.07, 6.45) is 17.2. The zero-order valence-electron chi connectivity index (χ0n) is 62.7. The van der Waals surface area contributed by atoms with E-state index in [-0.39, 0.29) is 23.4 Å². The zero-order valence-corrected chi connectivity index (χ0v) is 65.1. The fraction of sp³-hybridized carbons (Fsp3) is 0.263. The number of imidazole rings is 4. The molecule has 111 heavy (non-hydrogen) atoms. The Morgan fingerprint density at radius 2 is 0.901 bits per heavy atom. The lowest BCUT2D eigenvalue weighted by atomic mass is 10.1. The molecule has 0 radical (unpaired) electrons. The maximum atomic E-state index is 12.3. The molecule has 33 nitrogen and oxygen atoms in total. The van der Waals surface area contributed by atoms with Crippen LogP contribution in [0.1, 0.15) is 89.9 Å². The SMILES string of the molecule is COC(=O)c1nccnc1N.Cc1ccc2nc(-c3nc(Br)cnc3N)[nH]c2c1.Cc1ccc2nc(-c3nc(C4=CCN(C(=O)OC(C)(C)C)CC4)cnc3N)[nH]c2c1.Cc1ccc2nc(-c3nc(C4=CCN(S(=O)(=O)N(C)C)CC4)cnc3N)[nH]c2c1.Cc1ccc2nc(-c3nc(C4=CCNCC4)cnc3N)[nH]c2c1. The molecule has 0 saturated heterocycles. The minimum absolute atomic E-state index is 0.0509. The first-order chi connectivity index (χ1) is 53.0. The molecule has 0 bridgehead atoms. The van der Waals surface area contributed by atoms with Gasteiger partial charge in [0.05, 0.1) is 93.1 Å². The van der Waals surface area contributed by atoms with E-state index in [2.05, 4.69) is 125 Å². The standard InChI is InChI=1S/C22H26N6O2.C19H23N7O2S.C17H18N6.C12H10BrN5.C6H7N3O2/c1-13-5-6-15-16(11-13)27-20(26-15)18-19(23)24-12-17(25-18)14-7-9-28(10-8-14)21(29)30-22(2,3)4;1-12-4-5-14-15(10-12)24-19(23-14)17-18(20)21-11-16(22-17)13-6-8-26(9-7-13)29(27,28)25(2)3;1-10-2-3-12-13(8-10)23-17(22-12)15-16(18)20-9-14(21-15)11-4-6-19-7-5-11;1-6-2-3-7-8(4-6)17-12(16-7)10-11(14)15-5-9(13)18-10;1-11-6(10)4-5(7)9-3-2-8-4/h5-7,11-12H,8-10H2,1-4H3,(H2,23,24)(H,26,27);4-6,10-11H,7-9H2,1-3H3,(H2,20,21)(H,23,24);2-4,8-9,19H,5-7H2,1H3,(H2,18,20)(H,22,23);2-5H,1H3,(H2,14,15)(H,16,17);2-3H,1H3,(H2,7,9). The number of nitrogens with zero attached hydrogens (tertiary/aromatic N) is 17. The number of aromatic amines is 4. The molecule has 0 unspecified atom stereocenters. The van der Waals surface area contributed by atoms with Gasteiger partial charge in [-0.2, -0.15) is 17.0 Å². The Kier molecular flexibility index (Phi) is 23.6. The molecule has 0 atom stereocenters. The Morgan fingerprint density at radius 1 is 0.505 bits per heavy atom. The van der Waals surface area contributed by atoms with E-state index in [1.807, 2.05) is 120 Å². The van der Waals surface area contributed by atoms with Gasteiger partial charge in [0.15, 0.2) is 58.1 Å². The van der Waals surface area contributed by atoms with Crippen LogP contribution in [0.15, 0.2) is 133 Å². The van der Waals surface area contributed by atoms with Crippen LogP contribution in [0.2, 0.25) is 0 Å². The lowest BCUT2D eigenvalue weighted by Crippen LogP contribution is -2.42. The minimum atomic E-state index is -3.43. The highest BCUT2D eigenvalue weighted by molar-refractivity contribution is 9.10. The molecule has 15 N–H and O–H groups in total. The van der Waals surface area contributed by atoms with E-state index in [0.717, 1.165) is 97.3 Å².